The normalized spacial score (nSPS) is 13.8. The average molecular weight is 307 g/mol. The molecule has 0 bridgehead atoms. The summed E-state index contributed by atoms with van der Waals surface area (Å²) in [6, 6.07) is 12.7. The fraction of sp³-hybridized carbons (Fsp3) is 0.294. The lowest BCUT2D eigenvalue weighted by Gasteiger charge is -2.21. The van der Waals surface area contributed by atoms with Crippen LogP contribution in [0.1, 0.15) is 23.3 Å². The summed E-state index contributed by atoms with van der Waals surface area (Å²) in [6.07, 6.45) is -1.07. The summed E-state index contributed by atoms with van der Waals surface area (Å²) in [7, 11) is 1.59. The first-order valence-electron chi connectivity index (χ1n) is 7.02. The first-order valence-corrected chi connectivity index (χ1v) is 7.02. The zero-order valence-electron chi connectivity index (χ0n) is 12.3. The Morgan fingerprint density at radius 2 is 1.86 bits per heavy atom. The number of aliphatic hydroxyl groups excluding tert-OH is 1. The molecular weight excluding hydrogens is 288 g/mol. The Bertz CT molecular complexity index is 592. The smallest absolute Gasteiger partial charge is 0.131 e. The minimum Gasteiger partial charge on any atom is -0.387 e. The highest BCUT2D eigenvalue weighted by Gasteiger charge is 2.17. The van der Waals surface area contributed by atoms with Crippen LogP contribution in [-0.4, -0.2) is 25.4 Å². The molecule has 0 saturated carbocycles. The molecule has 2 aromatic carbocycles. The summed E-state index contributed by atoms with van der Waals surface area (Å²) >= 11 is 0. The van der Waals surface area contributed by atoms with E-state index in [4.69, 9.17) is 4.74 Å². The predicted octanol–water partition coefficient (Wildman–Crippen LogP) is 2.98. The standard InChI is InChI=1S/C17H19F2NO2/c1-22-11-16(12-5-3-2-4-6-12)20-10-17(21)14-8-7-13(18)9-15(14)19/h2-9,16-17,20-21H,10-11H2,1H3. The van der Waals surface area contributed by atoms with Crippen molar-refractivity contribution < 1.29 is 18.6 Å². The SMILES string of the molecule is COCC(NCC(O)c1ccc(F)cc1F)c1ccccc1. The number of aliphatic hydroxyl groups is 1. The first kappa shape index (κ1) is 16.5. The molecule has 2 unspecified atom stereocenters. The van der Waals surface area contributed by atoms with Crippen molar-refractivity contribution in [2.75, 3.05) is 20.3 Å². The summed E-state index contributed by atoms with van der Waals surface area (Å²) in [4.78, 5) is 0. The van der Waals surface area contributed by atoms with Crippen LogP contribution in [0.4, 0.5) is 8.78 Å². The van der Waals surface area contributed by atoms with Gasteiger partial charge in [-0.15, -0.1) is 0 Å². The van der Waals surface area contributed by atoms with E-state index in [9.17, 15) is 13.9 Å². The predicted molar refractivity (Wildman–Crippen MR) is 80.4 cm³/mol. The molecule has 3 nitrogen and oxygen atoms in total. The van der Waals surface area contributed by atoms with Gasteiger partial charge in [-0.2, -0.15) is 0 Å². The number of halogens is 2. The molecule has 0 aliphatic carbocycles. The van der Waals surface area contributed by atoms with Crippen molar-refractivity contribution >= 4 is 0 Å². The van der Waals surface area contributed by atoms with E-state index in [2.05, 4.69) is 5.32 Å². The quantitative estimate of drug-likeness (QED) is 0.826. The fourth-order valence-corrected chi connectivity index (χ4v) is 2.26. The van der Waals surface area contributed by atoms with Gasteiger partial charge in [0.1, 0.15) is 11.6 Å². The van der Waals surface area contributed by atoms with Crippen LogP contribution in [0.25, 0.3) is 0 Å². The molecule has 118 valence electrons. The third-order valence-electron chi connectivity index (χ3n) is 3.41. The lowest BCUT2D eigenvalue weighted by molar-refractivity contribution is 0.137. The van der Waals surface area contributed by atoms with Crippen LogP contribution in [0.15, 0.2) is 48.5 Å². The highest BCUT2D eigenvalue weighted by Crippen LogP contribution is 2.19. The Morgan fingerprint density at radius 3 is 2.50 bits per heavy atom. The second kappa shape index (κ2) is 7.98. The molecular formula is C17H19F2NO2. The van der Waals surface area contributed by atoms with Crippen LogP contribution in [0, 0.1) is 11.6 Å². The van der Waals surface area contributed by atoms with E-state index in [1.807, 2.05) is 30.3 Å². The minimum absolute atomic E-state index is 0.0677. The number of nitrogens with one attached hydrogen (secondary N) is 1. The van der Waals surface area contributed by atoms with Gasteiger partial charge in [-0.3, -0.25) is 0 Å². The van der Waals surface area contributed by atoms with E-state index < -0.39 is 17.7 Å². The highest BCUT2D eigenvalue weighted by molar-refractivity contribution is 5.22. The van der Waals surface area contributed by atoms with Crippen molar-refractivity contribution in [2.45, 2.75) is 12.1 Å². The molecule has 0 aromatic heterocycles. The summed E-state index contributed by atoms with van der Waals surface area (Å²) < 4.78 is 31.7. The van der Waals surface area contributed by atoms with Crippen molar-refractivity contribution in [2.24, 2.45) is 0 Å². The molecule has 2 atom stereocenters. The minimum atomic E-state index is -1.07. The Labute approximate surface area is 128 Å². The van der Waals surface area contributed by atoms with Crippen molar-refractivity contribution in [3.63, 3.8) is 0 Å². The van der Waals surface area contributed by atoms with Crippen LogP contribution >= 0.6 is 0 Å². The fourth-order valence-electron chi connectivity index (χ4n) is 2.26. The Morgan fingerprint density at radius 1 is 1.14 bits per heavy atom. The number of rotatable bonds is 7. The number of methoxy groups -OCH3 is 1. The van der Waals surface area contributed by atoms with Gasteiger partial charge in [0.2, 0.25) is 0 Å². The van der Waals surface area contributed by atoms with E-state index in [1.165, 1.54) is 6.07 Å². The Hall–Kier alpha value is -1.82. The molecule has 2 aromatic rings. The molecule has 0 saturated heterocycles. The second-order valence-corrected chi connectivity index (χ2v) is 5.01. The van der Waals surface area contributed by atoms with E-state index in [0.717, 1.165) is 17.7 Å². The number of hydrogen-bond acceptors (Lipinski definition) is 3. The van der Waals surface area contributed by atoms with Gasteiger partial charge < -0.3 is 15.2 Å². The average Bonchev–Trinajstić information content (AvgIpc) is 2.52. The van der Waals surface area contributed by atoms with Gasteiger partial charge in [0.05, 0.1) is 18.8 Å². The number of hydrogen-bond donors (Lipinski definition) is 2. The summed E-state index contributed by atoms with van der Waals surface area (Å²) in [5.74, 6) is -1.42. The van der Waals surface area contributed by atoms with Gasteiger partial charge in [-0.1, -0.05) is 36.4 Å². The molecule has 0 spiro atoms. The maximum absolute atomic E-state index is 13.6. The van der Waals surface area contributed by atoms with E-state index in [-0.39, 0.29) is 18.2 Å². The van der Waals surface area contributed by atoms with Gasteiger partial charge in [0.15, 0.2) is 0 Å². The Balaban J connectivity index is 2.02. The van der Waals surface area contributed by atoms with E-state index >= 15 is 0 Å². The lowest BCUT2D eigenvalue weighted by Crippen LogP contribution is -2.29. The van der Waals surface area contributed by atoms with E-state index in [1.54, 1.807) is 7.11 Å². The van der Waals surface area contributed by atoms with Gasteiger partial charge in [0.25, 0.3) is 0 Å². The molecule has 0 fully saturated rings. The molecule has 22 heavy (non-hydrogen) atoms. The van der Waals surface area contributed by atoms with Gasteiger partial charge in [0, 0.05) is 25.3 Å². The molecule has 0 heterocycles. The summed E-state index contributed by atoms with van der Waals surface area (Å²) in [6.45, 7) is 0.550. The van der Waals surface area contributed by atoms with Crippen LogP contribution in [0.5, 0.6) is 0 Å². The van der Waals surface area contributed by atoms with E-state index in [0.29, 0.717) is 6.61 Å². The first-order chi connectivity index (χ1) is 10.6. The molecule has 0 aliphatic heterocycles. The van der Waals surface area contributed by atoms with Gasteiger partial charge in [-0.05, 0) is 11.6 Å². The van der Waals surface area contributed by atoms with Gasteiger partial charge in [-0.25, -0.2) is 8.78 Å². The topological polar surface area (TPSA) is 41.5 Å². The van der Waals surface area contributed by atoms with Crippen molar-refractivity contribution in [3.05, 3.63) is 71.3 Å². The largest absolute Gasteiger partial charge is 0.387 e. The maximum atomic E-state index is 13.6. The summed E-state index contributed by atoms with van der Waals surface area (Å²) in [5.41, 5.74) is 1.08. The third-order valence-corrected chi connectivity index (χ3v) is 3.41. The molecule has 0 radical (unpaired) electrons. The van der Waals surface area contributed by atoms with Crippen molar-refractivity contribution in [1.29, 1.82) is 0 Å². The van der Waals surface area contributed by atoms with Crippen LogP contribution < -0.4 is 5.32 Å². The highest BCUT2D eigenvalue weighted by atomic mass is 19.1. The molecule has 2 N–H and O–H groups in total. The van der Waals surface area contributed by atoms with Crippen LogP contribution in [-0.2, 0) is 4.74 Å². The van der Waals surface area contributed by atoms with Crippen molar-refractivity contribution in [3.8, 4) is 0 Å². The summed E-state index contributed by atoms with van der Waals surface area (Å²) in [5, 5.41) is 13.2. The third kappa shape index (κ3) is 4.34. The second-order valence-electron chi connectivity index (χ2n) is 5.01. The van der Waals surface area contributed by atoms with Crippen LogP contribution in [0.3, 0.4) is 0 Å². The Kier molecular flexibility index (Phi) is 6.00. The van der Waals surface area contributed by atoms with Gasteiger partial charge >= 0.3 is 0 Å². The van der Waals surface area contributed by atoms with Crippen LogP contribution in [0.2, 0.25) is 0 Å². The monoisotopic (exact) mass is 307 g/mol. The van der Waals surface area contributed by atoms with Crippen molar-refractivity contribution in [1.82, 2.24) is 5.32 Å². The number of ether oxygens (including phenoxy) is 1. The maximum Gasteiger partial charge on any atom is 0.131 e. The number of benzene rings is 2. The zero-order valence-corrected chi connectivity index (χ0v) is 12.3. The lowest BCUT2D eigenvalue weighted by atomic mass is 10.1. The molecule has 0 amide bonds. The molecule has 0 aliphatic rings. The molecule has 2 rings (SSSR count). The molecule has 5 heteroatoms. The zero-order chi connectivity index (χ0) is 15.9.